The van der Waals surface area contributed by atoms with Gasteiger partial charge in [-0.25, -0.2) is 0 Å². The molecule has 0 aromatic carbocycles. The summed E-state index contributed by atoms with van der Waals surface area (Å²) >= 11 is 0. The average Bonchev–Trinajstić information content (AvgIpc) is 2.66. The van der Waals surface area contributed by atoms with Gasteiger partial charge >= 0.3 is 0 Å². The quantitative estimate of drug-likeness (QED) is 0.211. The molecule has 0 saturated heterocycles. The van der Waals surface area contributed by atoms with Crippen molar-refractivity contribution in [1.82, 2.24) is 10.6 Å². The maximum Gasteiger partial charge on any atom is 0.0431 e. The lowest BCUT2D eigenvalue weighted by atomic mass is 10.1. The Labute approximate surface area is 172 Å². The molecular weight excluding hydrogens is 332 g/mol. The molecule has 0 aromatic heterocycles. The van der Waals surface area contributed by atoms with E-state index < -0.39 is 0 Å². The lowest BCUT2D eigenvalue weighted by Crippen LogP contribution is -2.23. The summed E-state index contributed by atoms with van der Waals surface area (Å²) in [7, 11) is 0. The molecule has 0 unspecified atom stereocenters. The molecule has 0 atom stereocenters. The summed E-state index contributed by atoms with van der Waals surface area (Å²) in [5.74, 6) is 0. The Hall–Kier alpha value is -0.120. The van der Waals surface area contributed by atoms with Crippen molar-refractivity contribution < 1.29 is 5.11 Å². The van der Waals surface area contributed by atoms with Crippen molar-refractivity contribution in [2.24, 2.45) is 0 Å². The minimum Gasteiger partial charge on any atom is -0.396 e. The first-order chi connectivity index (χ1) is 13.2. The summed E-state index contributed by atoms with van der Waals surface area (Å²) in [5, 5.41) is 15.3. The molecule has 0 radical (unpaired) electrons. The van der Waals surface area contributed by atoms with Crippen LogP contribution in [0.2, 0.25) is 0 Å². The second-order valence-corrected chi connectivity index (χ2v) is 8.18. The van der Waals surface area contributed by atoms with E-state index in [1.54, 1.807) is 0 Å². The third-order valence-electron chi connectivity index (χ3n) is 4.80. The summed E-state index contributed by atoms with van der Waals surface area (Å²) in [6, 6.07) is 0.592. The van der Waals surface area contributed by atoms with Gasteiger partial charge in [0.1, 0.15) is 0 Å². The number of aliphatic hydroxyl groups is 1. The van der Waals surface area contributed by atoms with Crippen LogP contribution < -0.4 is 10.6 Å². The van der Waals surface area contributed by atoms with Crippen molar-refractivity contribution >= 4 is 0 Å². The van der Waals surface area contributed by atoms with E-state index in [0.29, 0.717) is 12.6 Å². The van der Waals surface area contributed by atoms with Crippen molar-refractivity contribution in [3.8, 4) is 0 Å². The molecule has 3 nitrogen and oxygen atoms in total. The predicted molar refractivity (Wildman–Crippen MR) is 124 cm³/mol. The third-order valence-corrected chi connectivity index (χ3v) is 4.80. The highest BCUT2D eigenvalue weighted by atomic mass is 16.2. The van der Waals surface area contributed by atoms with Crippen LogP contribution in [0.1, 0.15) is 124 Å². The Bertz CT molecular complexity index is 220. The van der Waals surface area contributed by atoms with Crippen LogP contribution in [-0.4, -0.2) is 37.4 Å². The fourth-order valence-corrected chi connectivity index (χ4v) is 2.99. The van der Waals surface area contributed by atoms with Crippen LogP contribution >= 0.6 is 0 Å². The van der Waals surface area contributed by atoms with Crippen molar-refractivity contribution in [2.75, 3.05) is 26.2 Å². The zero-order chi connectivity index (χ0) is 20.4. The minimum absolute atomic E-state index is 0.335. The highest BCUT2D eigenvalue weighted by Gasteiger charge is 1.92. The molecule has 27 heavy (non-hydrogen) atoms. The SMILES string of the molecule is CC(C)NCCCCCO.CCCCCCCCNCCCCCCCC. The van der Waals surface area contributed by atoms with E-state index in [2.05, 4.69) is 38.3 Å². The Morgan fingerprint density at radius 1 is 0.556 bits per heavy atom. The van der Waals surface area contributed by atoms with Gasteiger partial charge in [0.05, 0.1) is 0 Å². The molecule has 0 bridgehead atoms. The van der Waals surface area contributed by atoms with Gasteiger partial charge < -0.3 is 15.7 Å². The van der Waals surface area contributed by atoms with Gasteiger partial charge in [-0.2, -0.15) is 0 Å². The normalized spacial score (nSPS) is 10.9. The van der Waals surface area contributed by atoms with E-state index >= 15 is 0 Å². The van der Waals surface area contributed by atoms with Crippen molar-refractivity contribution in [3.05, 3.63) is 0 Å². The summed E-state index contributed by atoms with van der Waals surface area (Å²) < 4.78 is 0. The van der Waals surface area contributed by atoms with Crippen LogP contribution in [0.3, 0.4) is 0 Å². The molecule has 0 spiro atoms. The lowest BCUT2D eigenvalue weighted by molar-refractivity contribution is 0.282. The Balaban J connectivity index is 0. The molecule has 0 aromatic rings. The maximum atomic E-state index is 8.45. The van der Waals surface area contributed by atoms with E-state index in [9.17, 15) is 0 Å². The van der Waals surface area contributed by atoms with Gasteiger partial charge in [0.25, 0.3) is 0 Å². The molecule has 0 aliphatic rings. The second-order valence-electron chi connectivity index (χ2n) is 8.18. The maximum absolute atomic E-state index is 8.45. The highest BCUT2D eigenvalue weighted by molar-refractivity contribution is 4.53. The molecule has 0 aliphatic heterocycles. The first-order valence-electron chi connectivity index (χ1n) is 12.2. The number of hydrogen-bond donors (Lipinski definition) is 3. The third kappa shape index (κ3) is 33.9. The van der Waals surface area contributed by atoms with Gasteiger partial charge in [0.2, 0.25) is 0 Å². The zero-order valence-electron chi connectivity index (χ0n) is 19.5. The van der Waals surface area contributed by atoms with Crippen LogP contribution in [0.25, 0.3) is 0 Å². The topological polar surface area (TPSA) is 44.3 Å². The van der Waals surface area contributed by atoms with Gasteiger partial charge in [0, 0.05) is 12.6 Å². The fourth-order valence-electron chi connectivity index (χ4n) is 2.99. The minimum atomic E-state index is 0.335. The Morgan fingerprint density at radius 2 is 0.963 bits per heavy atom. The zero-order valence-corrected chi connectivity index (χ0v) is 19.5. The van der Waals surface area contributed by atoms with Gasteiger partial charge in [-0.15, -0.1) is 0 Å². The van der Waals surface area contributed by atoms with E-state index in [1.807, 2.05) is 0 Å². The number of aliphatic hydroxyl groups excluding tert-OH is 1. The molecule has 0 fully saturated rings. The summed E-state index contributed by atoms with van der Waals surface area (Å²) in [6.45, 7) is 12.7. The average molecular weight is 387 g/mol. The summed E-state index contributed by atoms with van der Waals surface area (Å²) in [5.41, 5.74) is 0. The van der Waals surface area contributed by atoms with Gasteiger partial charge in [-0.05, 0) is 51.7 Å². The van der Waals surface area contributed by atoms with Crippen molar-refractivity contribution in [3.63, 3.8) is 0 Å². The van der Waals surface area contributed by atoms with Gasteiger partial charge in [-0.3, -0.25) is 0 Å². The Morgan fingerprint density at radius 3 is 1.41 bits per heavy atom. The standard InChI is InChI=1S/C16H35N.C8H19NO/c1-3-5-7-9-11-13-15-17-16-14-12-10-8-6-4-2;1-8(2)9-6-4-3-5-7-10/h17H,3-16H2,1-2H3;8-10H,3-7H2,1-2H3. The predicted octanol–water partition coefficient (Wildman–Crippen LogP) is 6.44. The smallest absolute Gasteiger partial charge is 0.0431 e. The molecule has 3 heteroatoms. The first-order valence-corrected chi connectivity index (χ1v) is 12.2. The van der Waals surface area contributed by atoms with Crippen LogP contribution in [0.15, 0.2) is 0 Å². The van der Waals surface area contributed by atoms with E-state index in [1.165, 1.54) is 96.6 Å². The summed E-state index contributed by atoms with van der Waals surface area (Å²) in [6.07, 6.45) is 20.2. The van der Waals surface area contributed by atoms with Crippen molar-refractivity contribution in [2.45, 2.75) is 130 Å². The van der Waals surface area contributed by atoms with Crippen molar-refractivity contribution in [1.29, 1.82) is 0 Å². The highest BCUT2D eigenvalue weighted by Crippen LogP contribution is 2.05. The van der Waals surface area contributed by atoms with Gasteiger partial charge in [-0.1, -0.05) is 91.9 Å². The molecule has 3 N–H and O–H groups in total. The van der Waals surface area contributed by atoms with Crippen LogP contribution in [0.5, 0.6) is 0 Å². The monoisotopic (exact) mass is 386 g/mol. The van der Waals surface area contributed by atoms with E-state index in [4.69, 9.17) is 5.11 Å². The van der Waals surface area contributed by atoms with Crippen LogP contribution in [0.4, 0.5) is 0 Å². The number of rotatable bonds is 20. The lowest BCUT2D eigenvalue weighted by Gasteiger charge is -2.06. The molecule has 0 saturated carbocycles. The molecular formula is C24H54N2O. The number of unbranched alkanes of at least 4 members (excludes halogenated alkanes) is 12. The number of hydrogen-bond acceptors (Lipinski definition) is 3. The fraction of sp³-hybridized carbons (Fsp3) is 1.00. The second kappa shape index (κ2) is 28.1. The largest absolute Gasteiger partial charge is 0.396 e. The first kappa shape index (κ1) is 29.1. The van der Waals surface area contributed by atoms with Gasteiger partial charge in [0.15, 0.2) is 0 Å². The molecule has 0 rings (SSSR count). The molecule has 0 amide bonds. The number of nitrogens with one attached hydrogen (secondary N) is 2. The van der Waals surface area contributed by atoms with E-state index in [-0.39, 0.29) is 0 Å². The van der Waals surface area contributed by atoms with Crippen LogP contribution in [0, 0.1) is 0 Å². The summed E-state index contributed by atoms with van der Waals surface area (Å²) in [4.78, 5) is 0. The molecule has 0 aliphatic carbocycles. The van der Waals surface area contributed by atoms with E-state index in [0.717, 1.165) is 19.4 Å². The Kier molecular flexibility index (Phi) is 30.3. The van der Waals surface area contributed by atoms with Crippen LogP contribution in [-0.2, 0) is 0 Å². The molecule has 0 heterocycles. The molecule has 166 valence electrons.